The molecule has 6 heteroatoms. The van der Waals surface area contributed by atoms with Gasteiger partial charge in [0.05, 0.1) is 30.2 Å². The predicted molar refractivity (Wildman–Crippen MR) is 119 cm³/mol. The molecule has 1 N–H and O–H groups in total. The minimum Gasteiger partial charge on any atom is -0.379 e. The lowest BCUT2D eigenvalue weighted by molar-refractivity contribution is -0.119. The third kappa shape index (κ3) is 4.55. The number of aryl methyl sites for hydroxylation is 1. The summed E-state index contributed by atoms with van der Waals surface area (Å²) in [7, 11) is 0. The van der Waals surface area contributed by atoms with Gasteiger partial charge < -0.3 is 14.6 Å². The Hall–Kier alpha value is -2.70. The molecule has 1 fully saturated rings. The normalized spacial score (nSPS) is 15.9. The van der Waals surface area contributed by atoms with E-state index < -0.39 is 0 Å². The van der Waals surface area contributed by atoms with Gasteiger partial charge in [-0.2, -0.15) is 0 Å². The Morgan fingerprint density at radius 2 is 1.87 bits per heavy atom. The highest BCUT2D eigenvalue weighted by Crippen LogP contribution is 2.21. The maximum atomic E-state index is 13.0. The SMILES string of the molecule is CCc1nc2ccccc2n1CC(C)C(=O)Nc1ccccc1CN1CCOCC1. The molecular formula is C24H30N4O2. The van der Waals surface area contributed by atoms with Crippen molar-refractivity contribution in [2.45, 2.75) is 33.4 Å². The zero-order valence-electron chi connectivity index (χ0n) is 17.8. The van der Waals surface area contributed by atoms with Crippen molar-refractivity contribution >= 4 is 22.6 Å². The van der Waals surface area contributed by atoms with Gasteiger partial charge >= 0.3 is 0 Å². The molecule has 4 rings (SSSR count). The van der Waals surface area contributed by atoms with Gasteiger partial charge in [-0.25, -0.2) is 4.98 Å². The number of nitrogens with one attached hydrogen (secondary N) is 1. The standard InChI is InChI=1S/C24H30N4O2/c1-3-23-25-21-10-6-7-11-22(21)28(23)16-18(2)24(29)26-20-9-5-4-8-19(20)17-27-12-14-30-15-13-27/h4-11,18H,3,12-17H2,1-2H3,(H,26,29). The number of carbonyl (C=O) groups is 1. The minimum absolute atomic E-state index is 0.0317. The van der Waals surface area contributed by atoms with Gasteiger partial charge in [-0.3, -0.25) is 9.69 Å². The monoisotopic (exact) mass is 406 g/mol. The van der Waals surface area contributed by atoms with E-state index in [0.29, 0.717) is 6.54 Å². The molecule has 1 aliphatic heterocycles. The molecule has 158 valence electrons. The second-order valence-corrected chi connectivity index (χ2v) is 7.92. The molecule has 1 aromatic heterocycles. The Balaban J connectivity index is 1.47. The number of morpholine rings is 1. The summed E-state index contributed by atoms with van der Waals surface area (Å²) < 4.78 is 7.62. The topological polar surface area (TPSA) is 59.4 Å². The molecule has 1 atom stereocenters. The lowest BCUT2D eigenvalue weighted by atomic mass is 10.1. The van der Waals surface area contributed by atoms with E-state index in [1.807, 2.05) is 43.3 Å². The van der Waals surface area contributed by atoms with E-state index in [4.69, 9.17) is 9.72 Å². The quantitative estimate of drug-likeness (QED) is 0.650. The first-order valence-electron chi connectivity index (χ1n) is 10.8. The molecule has 1 saturated heterocycles. The van der Waals surface area contributed by atoms with E-state index in [2.05, 4.69) is 33.8 Å². The number of carbonyl (C=O) groups excluding carboxylic acids is 1. The highest BCUT2D eigenvalue weighted by Gasteiger charge is 2.19. The fourth-order valence-corrected chi connectivity index (χ4v) is 3.99. The summed E-state index contributed by atoms with van der Waals surface area (Å²) in [6.45, 7) is 8.90. The minimum atomic E-state index is -0.177. The van der Waals surface area contributed by atoms with Crippen LogP contribution in [0.3, 0.4) is 0 Å². The number of benzene rings is 2. The molecule has 0 aliphatic carbocycles. The largest absolute Gasteiger partial charge is 0.379 e. The zero-order valence-corrected chi connectivity index (χ0v) is 17.8. The number of imidazole rings is 1. The first kappa shape index (κ1) is 20.6. The fraction of sp³-hybridized carbons (Fsp3) is 0.417. The van der Waals surface area contributed by atoms with Gasteiger partial charge in [0.25, 0.3) is 0 Å². The Bertz CT molecular complexity index is 1010. The van der Waals surface area contributed by atoms with Crippen molar-refractivity contribution in [3.05, 3.63) is 59.9 Å². The van der Waals surface area contributed by atoms with Crippen LogP contribution in [-0.4, -0.2) is 46.7 Å². The molecule has 1 amide bonds. The van der Waals surface area contributed by atoms with Crippen molar-refractivity contribution in [3.8, 4) is 0 Å². The summed E-state index contributed by atoms with van der Waals surface area (Å²) in [5.74, 6) is 0.872. The van der Waals surface area contributed by atoms with E-state index >= 15 is 0 Å². The number of fused-ring (bicyclic) bond motifs is 1. The van der Waals surface area contributed by atoms with Gasteiger partial charge in [0, 0.05) is 38.3 Å². The Labute approximate surface area is 177 Å². The lowest BCUT2D eigenvalue weighted by Crippen LogP contribution is -2.36. The maximum absolute atomic E-state index is 13.0. The van der Waals surface area contributed by atoms with Gasteiger partial charge in [-0.05, 0) is 23.8 Å². The summed E-state index contributed by atoms with van der Waals surface area (Å²) in [6.07, 6.45) is 0.839. The van der Waals surface area contributed by atoms with E-state index in [-0.39, 0.29) is 11.8 Å². The second-order valence-electron chi connectivity index (χ2n) is 7.92. The van der Waals surface area contributed by atoms with E-state index in [0.717, 1.165) is 67.4 Å². The number of para-hydroxylation sites is 3. The summed E-state index contributed by atoms with van der Waals surface area (Å²) in [4.78, 5) is 20.1. The number of hydrogen-bond donors (Lipinski definition) is 1. The van der Waals surface area contributed by atoms with Crippen LogP contribution in [0.2, 0.25) is 0 Å². The van der Waals surface area contributed by atoms with E-state index in [1.54, 1.807) is 0 Å². The average Bonchev–Trinajstić information content (AvgIpc) is 3.13. The van der Waals surface area contributed by atoms with E-state index in [1.165, 1.54) is 0 Å². The first-order chi connectivity index (χ1) is 14.7. The number of rotatable bonds is 7. The molecule has 0 radical (unpaired) electrons. The first-order valence-corrected chi connectivity index (χ1v) is 10.8. The number of amides is 1. The van der Waals surface area contributed by atoms with Crippen molar-refractivity contribution < 1.29 is 9.53 Å². The summed E-state index contributed by atoms with van der Waals surface area (Å²) in [5.41, 5.74) is 4.11. The van der Waals surface area contributed by atoms with Crippen molar-refractivity contribution in [2.75, 3.05) is 31.6 Å². The summed E-state index contributed by atoms with van der Waals surface area (Å²) in [5, 5.41) is 3.17. The van der Waals surface area contributed by atoms with Gasteiger partial charge in [-0.15, -0.1) is 0 Å². The van der Waals surface area contributed by atoms with Crippen molar-refractivity contribution in [2.24, 2.45) is 5.92 Å². The van der Waals surface area contributed by atoms with Crippen LogP contribution in [0, 0.1) is 5.92 Å². The van der Waals surface area contributed by atoms with Crippen molar-refractivity contribution in [1.29, 1.82) is 0 Å². The molecule has 6 nitrogen and oxygen atoms in total. The third-order valence-corrected chi connectivity index (χ3v) is 5.73. The third-order valence-electron chi connectivity index (χ3n) is 5.73. The molecule has 1 aliphatic rings. The maximum Gasteiger partial charge on any atom is 0.229 e. The molecule has 0 saturated carbocycles. The van der Waals surface area contributed by atoms with Gasteiger partial charge in [0.15, 0.2) is 0 Å². The van der Waals surface area contributed by atoms with Crippen LogP contribution < -0.4 is 5.32 Å². The van der Waals surface area contributed by atoms with E-state index in [9.17, 15) is 4.79 Å². The molecule has 2 heterocycles. The molecule has 3 aromatic rings. The predicted octanol–water partition coefficient (Wildman–Crippen LogP) is 3.71. The second kappa shape index (κ2) is 9.41. The summed E-state index contributed by atoms with van der Waals surface area (Å²) in [6, 6.07) is 16.2. The Morgan fingerprint density at radius 1 is 1.13 bits per heavy atom. The van der Waals surface area contributed by atoms with Crippen LogP contribution >= 0.6 is 0 Å². The number of anilines is 1. The lowest BCUT2D eigenvalue weighted by Gasteiger charge is -2.27. The van der Waals surface area contributed by atoms with Gasteiger partial charge in [-0.1, -0.05) is 44.2 Å². The van der Waals surface area contributed by atoms with Crippen LogP contribution in [0.5, 0.6) is 0 Å². The van der Waals surface area contributed by atoms with Crippen LogP contribution in [0.4, 0.5) is 5.69 Å². The smallest absolute Gasteiger partial charge is 0.229 e. The molecule has 0 spiro atoms. The Morgan fingerprint density at radius 3 is 2.67 bits per heavy atom. The molecule has 30 heavy (non-hydrogen) atoms. The number of aromatic nitrogens is 2. The van der Waals surface area contributed by atoms with Crippen molar-refractivity contribution in [3.63, 3.8) is 0 Å². The van der Waals surface area contributed by atoms with Crippen LogP contribution in [0.15, 0.2) is 48.5 Å². The summed E-state index contributed by atoms with van der Waals surface area (Å²) >= 11 is 0. The number of nitrogens with zero attached hydrogens (tertiary/aromatic N) is 3. The molecule has 1 unspecified atom stereocenters. The van der Waals surface area contributed by atoms with Crippen LogP contribution in [0.25, 0.3) is 11.0 Å². The molecule has 0 bridgehead atoms. The highest BCUT2D eigenvalue weighted by molar-refractivity contribution is 5.93. The van der Waals surface area contributed by atoms with Gasteiger partial charge in [0.2, 0.25) is 5.91 Å². The van der Waals surface area contributed by atoms with Gasteiger partial charge in [0.1, 0.15) is 5.82 Å². The van der Waals surface area contributed by atoms with Crippen LogP contribution in [0.1, 0.15) is 25.2 Å². The van der Waals surface area contributed by atoms with Crippen LogP contribution in [-0.2, 0) is 29.0 Å². The number of hydrogen-bond acceptors (Lipinski definition) is 4. The number of ether oxygens (including phenoxy) is 1. The zero-order chi connectivity index (χ0) is 20.9. The molecule has 2 aromatic carbocycles. The Kier molecular flexibility index (Phi) is 6.45. The average molecular weight is 407 g/mol. The molecular weight excluding hydrogens is 376 g/mol. The fourth-order valence-electron chi connectivity index (χ4n) is 3.99. The highest BCUT2D eigenvalue weighted by atomic mass is 16.5. The van der Waals surface area contributed by atoms with Crippen molar-refractivity contribution in [1.82, 2.24) is 14.5 Å².